The number of methoxy groups -OCH3 is 1. The van der Waals surface area contributed by atoms with Crippen LogP contribution in [0.3, 0.4) is 0 Å². The summed E-state index contributed by atoms with van der Waals surface area (Å²) in [5.74, 6) is 0.893. The molecule has 1 fully saturated rings. The van der Waals surface area contributed by atoms with E-state index in [-0.39, 0.29) is 6.04 Å². The predicted molar refractivity (Wildman–Crippen MR) is 83.1 cm³/mol. The molecule has 1 aromatic rings. The van der Waals surface area contributed by atoms with E-state index in [0.29, 0.717) is 6.54 Å². The van der Waals surface area contributed by atoms with E-state index in [1.165, 1.54) is 31.5 Å². The van der Waals surface area contributed by atoms with E-state index >= 15 is 0 Å². The summed E-state index contributed by atoms with van der Waals surface area (Å²) >= 11 is 0. The number of nitrogens with two attached hydrogens (primary N) is 1. The zero-order chi connectivity index (χ0) is 14.4. The van der Waals surface area contributed by atoms with Crippen LogP contribution in [0.2, 0.25) is 0 Å². The average Bonchev–Trinajstić information content (AvgIpc) is 3.00. The first-order valence-electron chi connectivity index (χ1n) is 7.51. The number of likely N-dealkylation sites (N-methyl/N-ethyl adjacent to an activating group) is 1. The minimum Gasteiger partial charge on any atom is -0.497 e. The van der Waals surface area contributed by atoms with Gasteiger partial charge in [-0.3, -0.25) is 4.90 Å². The lowest BCUT2D eigenvalue weighted by atomic mass is 10.1. The Hall–Kier alpha value is -1.10. The van der Waals surface area contributed by atoms with Crippen molar-refractivity contribution in [1.82, 2.24) is 9.80 Å². The Kier molecular flexibility index (Phi) is 5.83. The molecule has 0 saturated carbocycles. The second kappa shape index (κ2) is 7.62. The van der Waals surface area contributed by atoms with Gasteiger partial charge in [-0.2, -0.15) is 0 Å². The topological polar surface area (TPSA) is 41.7 Å². The Morgan fingerprint density at radius 1 is 1.25 bits per heavy atom. The SMILES string of the molecule is COc1ccc(C(CN)N(C)CCN2CCCC2)cc1. The van der Waals surface area contributed by atoms with Crippen molar-refractivity contribution >= 4 is 0 Å². The molecule has 0 spiro atoms. The van der Waals surface area contributed by atoms with Crippen LogP contribution < -0.4 is 10.5 Å². The first-order chi connectivity index (χ1) is 9.74. The highest BCUT2D eigenvalue weighted by molar-refractivity contribution is 5.29. The Balaban J connectivity index is 1.91. The molecule has 1 aliphatic rings. The third-order valence-corrected chi connectivity index (χ3v) is 4.22. The van der Waals surface area contributed by atoms with Crippen molar-refractivity contribution in [2.24, 2.45) is 5.73 Å². The summed E-state index contributed by atoms with van der Waals surface area (Å²) in [6, 6.07) is 8.52. The van der Waals surface area contributed by atoms with Crippen LogP contribution in [0.15, 0.2) is 24.3 Å². The van der Waals surface area contributed by atoms with Crippen LogP contribution >= 0.6 is 0 Å². The summed E-state index contributed by atoms with van der Waals surface area (Å²) in [5.41, 5.74) is 7.23. The largest absolute Gasteiger partial charge is 0.497 e. The van der Waals surface area contributed by atoms with E-state index in [2.05, 4.69) is 29.0 Å². The molecule has 1 aromatic carbocycles. The van der Waals surface area contributed by atoms with Crippen molar-refractivity contribution in [2.45, 2.75) is 18.9 Å². The number of hydrogen-bond donors (Lipinski definition) is 1. The summed E-state index contributed by atoms with van der Waals surface area (Å²) < 4.78 is 5.21. The maximum Gasteiger partial charge on any atom is 0.118 e. The van der Waals surface area contributed by atoms with Gasteiger partial charge in [-0.25, -0.2) is 0 Å². The molecule has 0 radical (unpaired) electrons. The van der Waals surface area contributed by atoms with Crippen LogP contribution in [-0.2, 0) is 0 Å². The van der Waals surface area contributed by atoms with Gasteiger partial charge >= 0.3 is 0 Å². The minimum atomic E-state index is 0.281. The van der Waals surface area contributed by atoms with E-state index in [4.69, 9.17) is 10.5 Å². The molecule has 1 atom stereocenters. The molecule has 2 N–H and O–H groups in total. The van der Waals surface area contributed by atoms with E-state index in [9.17, 15) is 0 Å². The van der Waals surface area contributed by atoms with Crippen LogP contribution in [0, 0.1) is 0 Å². The maximum absolute atomic E-state index is 5.97. The van der Waals surface area contributed by atoms with Gasteiger partial charge in [-0.15, -0.1) is 0 Å². The normalized spacial score (nSPS) is 17.6. The van der Waals surface area contributed by atoms with Crippen LogP contribution in [0.25, 0.3) is 0 Å². The number of hydrogen-bond acceptors (Lipinski definition) is 4. The van der Waals surface area contributed by atoms with Gasteiger partial charge in [0.2, 0.25) is 0 Å². The highest BCUT2D eigenvalue weighted by Gasteiger charge is 2.17. The minimum absolute atomic E-state index is 0.281. The second-order valence-electron chi connectivity index (χ2n) is 5.55. The van der Waals surface area contributed by atoms with Gasteiger partial charge in [-0.1, -0.05) is 12.1 Å². The molecule has 112 valence electrons. The first-order valence-corrected chi connectivity index (χ1v) is 7.51. The van der Waals surface area contributed by atoms with Gasteiger partial charge < -0.3 is 15.4 Å². The summed E-state index contributed by atoms with van der Waals surface area (Å²) in [5, 5.41) is 0. The lowest BCUT2D eigenvalue weighted by molar-refractivity contribution is 0.209. The smallest absolute Gasteiger partial charge is 0.118 e. The summed E-state index contributed by atoms with van der Waals surface area (Å²) in [7, 11) is 3.86. The lowest BCUT2D eigenvalue weighted by Gasteiger charge is -2.29. The third kappa shape index (κ3) is 3.95. The Morgan fingerprint density at radius 2 is 1.90 bits per heavy atom. The molecule has 2 rings (SSSR count). The third-order valence-electron chi connectivity index (χ3n) is 4.22. The number of benzene rings is 1. The predicted octanol–water partition coefficient (Wildman–Crippen LogP) is 1.72. The fraction of sp³-hybridized carbons (Fsp3) is 0.625. The van der Waals surface area contributed by atoms with Gasteiger partial charge in [0, 0.05) is 25.7 Å². The molecule has 20 heavy (non-hydrogen) atoms. The molecular formula is C16H27N3O. The maximum atomic E-state index is 5.97. The van der Waals surface area contributed by atoms with Crippen molar-refractivity contribution in [3.8, 4) is 5.75 Å². The molecular weight excluding hydrogens is 250 g/mol. The van der Waals surface area contributed by atoms with Gasteiger partial charge in [0.05, 0.1) is 7.11 Å². The van der Waals surface area contributed by atoms with Gasteiger partial charge in [0.25, 0.3) is 0 Å². The fourth-order valence-corrected chi connectivity index (χ4v) is 2.86. The highest BCUT2D eigenvalue weighted by atomic mass is 16.5. The highest BCUT2D eigenvalue weighted by Crippen LogP contribution is 2.21. The summed E-state index contributed by atoms with van der Waals surface area (Å²) in [6.07, 6.45) is 2.70. The molecule has 4 nitrogen and oxygen atoms in total. The summed E-state index contributed by atoms with van der Waals surface area (Å²) in [4.78, 5) is 4.90. The molecule has 1 aliphatic heterocycles. The number of nitrogens with zero attached hydrogens (tertiary/aromatic N) is 2. The van der Waals surface area contributed by atoms with E-state index in [1.807, 2.05) is 12.1 Å². The molecule has 4 heteroatoms. The lowest BCUT2D eigenvalue weighted by Crippen LogP contribution is -2.36. The second-order valence-corrected chi connectivity index (χ2v) is 5.55. The first kappa shape index (κ1) is 15.3. The molecule has 0 amide bonds. The van der Waals surface area contributed by atoms with Gasteiger partial charge in [0.1, 0.15) is 5.75 Å². The average molecular weight is 277 g/mol. The molecule has 1 unspecified atom stereocenters. The number of likely N-dealkylation sites (tertiary alicyclic amines) is 1. The zero-order valence-corrected chi connectivity index (χ0v) is 12.7. The molecule has 0 bridgehead atoms. The Bertz CT molecular complexity index is 387. The molecule has 1 heterocycles. The van der Waals surface area contributed by atoms with Crippen molar-refractivity contribution in [1.29, 1.82) is 0 Å². The van der Waals surface area contributed by atoms with Crippen molar-refractivity contribution in [2.75, 3.05) is 46.9 Å². The Morgan fingerprint density at radius 3 is 2.45 bits per heavy atom. The van der Waals surface area contributed by atoms with Crippen molar-refractivity contribution < 1.29 is 4.74 Å². The van der Waals surface area contributed by atoms with Gasteiger partial charge in [0.15, 0.2) is 0 Å². The summed E-state index contributed by atoms with van der Waals surface area (Å²) in [6.45, 7) is 5.35. The number of rotatable bonds is 7. The quantitative estimate of drug-likeness (QED) is 0.824. The van der Waals surface area contributed by atoms with E-state index in [1.54, 1.807) is 7.11 Å². The zero-order valence-electron chi connectivity index (χ0n) is 12.7. The monoisotopic (exact) mass is 277 g/mol. The molecule has 0 aromatic heterocycles. The van der Waals surface area contributed by atoms with E-state index < -0.39 is 0 Å². The van der Waals surface area contributed by atoms with Crippen LogP contribution in [-0.4, -0.2) is 56.7 Å². The van der Waals surface area contributed by atoms with E-state index in [0.717, 1.165) is 18.8 Å². The van der Waals surface area contributed by atoms with Crippen LogP contribution in [0.5, 0.6) is 5.75 Å². The fourth-order valence-electron chi connectivity index (χ4n) is 2.86. The van der Waals surface area contributed by atoms with Gasteiger partial charge in [-0.05, 0) is 50.7 Å². The molecule has 0 aliphatic carbocycles. The molecule has 1 saturated heterocycles. The van der Waals surface area contributed by atoms with Crippen LogP contribution in [0.4, 0.5) is 0 Å². The standard InChI is InChI=1S/C16H27N3O/c1-18(11-12-19-9-3-4-10-19)16(13-17)14-5-7-15(20-2)8-6-14/h5-8,16H,3-4,9-13,17H2,1-2H3. The number of ether oxygens (including phenoxy) is 1. The Labute approximate surface area is 122 Å². The van der Waals surface area contributed by atoms with Crippen molar-refractivity contribution in [3.05, 3.63) is 29.8 Å². The van der Waals surface area contributed by atoms with Crippen LogP contribution in [0.1, 0.15) is 24.4 Å². The van der Waals surface area contributed by atoms with Crippen molar-refractivity contribution in [3.63, 3.8) is 0 Å².